The van der Waals surface area contributed by atoms with Crippen molar-refractivity contribution in [2.75, 3.05) is 7.11 Å². The summed E-state index contributed by atoms with van der Waals surface area (Å²) in [6.45, 7) is 0. The molecule has 1 aromatic carbocycles. The van der Waals surface area contributed by atoms with E-state index in [0.717, 1.165) is 15.4 Å². The number of aryl methyl sites for hydroxylation is 1. The molecule has 0 unspecified atom stereocenters. The number of fused-ring (bicyclic) bond motifs is 1. The maximum atomic E-state index is 11.5. The van der Waals surface area contributed by atoms with Crippen LogP contribution < -0.4 is 0 Å². The van der Waals surface area contributed by atoms with Crippen LogP contribution in [0.1, 0.15) is 10.4 Å². The number of methoxy groups -OCH3 is 1. The van der Waals surface area contributed by atoms with E-state index in [1.165, 1.54) is 7.11 Å². The summed E-state index contributed by atoms with van der Waals surface area (Å²) in [5.41, 5.74) is 1.59. The first-order valence-electron chi connectivity index (χ1n) is 4.47. The largest absolute Gasteiger partial charge is 0.465 e. The Labute approximate surface area is 95.8 Å². The monoisotopic (exact) mass is 267 g/mol. The quantitative estimate of drug-likeness (QED) is 0.744. The molecule has 0 spiro atoms. The summed E-state index contributed by atoms with van der Waals surface area (Å²) >= 11 is 3.44. The predicted molar refractivity (Wildman–Crippen MR) is 62.0 cm³/mol. The Morgan fingerprint density at radius 3 is 2.87 bits per heavy atom. The molecule has 3 nitrogen and oxygen atoms in total. The Kier molecular flexibility index (Phi) is 2.52. The number of aromatic nitrogens is 1. The Morgan fingerprint density at radius 1 is 1.47 bits per heavy atom. The van der Waals surface area contributed by atoms with Gasteiger partial charge in [-0.3, -0.25) is 0 Å². The topological polar surface area (TPSA) is 31.2 Å². The van der Waals surface area contributed by atoms with E-state index in [0.29, 0.717) is 5.56 Å². The van der Waals surface area contributed by atoms with Gasteiger partial charge in [0.1, 0.15) is 0 Å². The molecule has 0 amide bonds. The molecule has 1 aromatic heterocycles. The zero-order chi connectivity index (χ0) is 11.0. The molecule has 15 heavy (non-hydrogen) atoms. The van der Waals surface area contributed by atoms with Gasteiger partial charge in [-0.2, -0.15) is 0 Å². The van der Waals surface area contributed by atoms with Crippen LogP contribution in [0.4, 0.5) is 0 Å². The molecule has 0 saturated heterocycles. The minimum Gasteiger partial charge on any atom is -0.465 e. The van der Waals surface area contributed by atoms with Crippen molar-refractivity contribution in [2.45, 2.75) is 0 Å². The highest BCUT2D eigenvalue weighted by molar-refractivity contribution is 9.10. The number of ether oxygens (including phenoxy) is 1. The van der Waals surface area contributed by atoms with Gasteiger partial charge in [0, 0.05) is 28.6 Å². The lowest BCUT2D eigenvalue weighted by atomic mass is 10.1. The van der Waals surface area contributed by atoms with Gasteiger partial charge in [0.2, 0.25) is 0 Å². The van der Waals surface area contributed by atoms with Crippen molar-refractivity contribution in [3.63, 3.8) is 0 Å². The number of rotatable bonds is 1. The minimum absolute atomic E-state index is 0.312. The van der Waals surface area contributed by atoms with E-state index in [-0.39, 0.29) is 5.97 Å². The van der Waals surface area contributed by atoms with Gasteiger partial charge in [-0.1, -0.05) is 6.07 Å². The molecule has 0 aliphatic heterocycles. The molecule has 0 saturated carbocycles. The van der Waals surface area contributed by atoms with Gasteiger partial charge in [0.25, 0.3) is 0 Å². The van der Waals surface area contributed by atoms with Gasteiger partial charge < -0.3 is 9.30 Å². The zero-order valence-electron chi connectivity index (χ0n) is 8.45. The third kappa shape index (κ3) is 1.55. The molecule has 1 heterocycles. The van der Waals surface area contributed by atoms with E-state index in [2.05, 4.69) is 15.9 Å². The summed E-state index contributed by atoms with van der Waals surface area (Å²) in [5.74, 6) is -0.312. The van der Waals surface area contributed by atoms with E-state index >= 15 is 0 Å². The zero-order valence-corrected chi connectivity index (χ0v) is 10.0. The van der Waals surface area contributed by atoms with E-state index in [9.17, 15) is 4.79 Å². The number of benzene rings is 1. The van der Waals surface area contributed by atoms with Crippen molar-refractivity contribution < 1.29 is 9.53 Å². The molecule has 0 bridgehead atoms. The van der Waals surface area contributed by atoms with Crippen molar-refractivity contribution in [3.8, 4) is 0 Å². The van der Waals surface area contributed by atoms with Gasteiger partial charge in [-0.25, -0.2) is 4.79 Å². The molecule has 0 fully saturated rings. The minimum atomic E-state index is -0.312. The maximum Gasteiger partial charge on any atom is 0.338 e. The molecular formula is C11H10BrNO2. The van der Waals surface area contributed by atoms with E-state index in [4.69, 9.17) is 4.74 Å². The molecule has 2 rings (SSSR count). The first-order chi connectivity index (χ1) is 7.15. The lowest BCUT2D eigenvalue weighted by Gasteiger charge is -2.02. The van der Waals surface area contributed by atoms with Crippen LogP contribution in [0.2, 0.25) is 0 Å². The third-order valence-corrected chi connectivity index (χ3v) is 2.97. The first-order valence-corrected chi connectivity index (χ1v) is 5.26. The summed E-state index contributed by atoms with van der Waals surface area (Å²) in [4.78, 5) is 11.5. The Morgan fingerprint density at radius 2 is 2.20 bits per heavy atom. The molecule has 78 valence electrons. The number of hydrogen-bond acceptors (Lipinski definition) is 2. The summed E-state index contributed by atoms with van der Waals surface area (Å²) in [7, 11) is 3.33. The van der Waals surface area contributed by atoms with Crippen molar-refractivity contribution in [3.05, 3.63) is 34.4 Å². The number of halogens is 1. The number of carbonyl (C=O) groups excluding carboxylic acids is 1. The standard InChI is InChI=1S/C11H10BrNO2/c1-13-6-8(12)10-7(11(14)15-2)4-3-5-9(10)13/h3-6H,1-2H3. The highest BCUT2D eigenvalue weighted by Gasteiger charge is 2.14. The lowest BCUT2D eigenvalue weighted by molar-refractivity contribution is 0.0603. The Bertz CT molecular complexity index is 531. The second kappa shape index (κ2) is 3.70. The molecule has 4 heteroatoms. The van der Waals surface area contributed by atoms with Crippen LogP contribution in [-0.2, 0) is 11.8 Å². The van der Waals surface area contributed by atoms with E-state index in [1.807, 2.05) is 29.9 Å². The molecule has 0 aliphatic carbocycles. The first kappa shape index (κ1) is 10.2. The summed E-state index contributed by atoms with van der Waals surface area (Å²) in [5, 5.41) is 0.895. The van der Waals surface area contributed by atoms with Gasteiger partial charge in [-0.05, 0) is 28.1 Å². The van der Waals surface area contributed by atoms with Gasteiger partial charge in [0.05, 0.1) is 12.7 Å². The fraction of sp³-hybridized carbons (Fsp3) is 0.182. The SMILES string of the molecule is COC(=O)c1cccc2c1c(Br)cn2C. The van der Waals surface area contributed by atoms with Gasteiger partial charge in [0.15, 0.2) is 0 Å². The van der Waals surface area contributed by atoms with E-state index in [1.54, 1.807) is 6.07 Å². The van der Waals surface area contributed by atoms with Crippen LogP contribution >= 0.6 is 15.9 Å². The average molecular weight is 268 g/mol. The van der Waals surface area contributed by atoms with Crippen LogP contribution in [0.5, 0.6) is 0 Å². The van der Waals surface area contributed by atoms with Crippen LogP contribution in [-0.4, -0.2) is 17.6 Å². The highest BCUT2D eigenvalue weighted by atomic mass is 79.9. The second-order valence-electron chi connectivity index (χ2n) is 3.28. The summed E-state index contributed by atoms with van der Waals surface area (Å²) < 4.78 is 7.61. The molecule has 0 aliphatic rings. The van der Waals surface area contributed by atoms with Crippen LogP contribution in [0.25, 0.3) is 10.9 Å². The number of esters is 1. The van der Waals surface area contributed by atoms with Crippen molar-refractivity contribution in [1.82, 2.24) is 4.57 Å². The maximum absolute atomic E-state index is 11.5. The predicted octanol–water partition coefficient (Wildman–Crippen LogP) is 2.73. The lowest BCUT2D eigenvalue weighted by Crippen LogP contribution is -2.01. The fourth-order valence-electron chi connectivity index (χ4n) is 1.67. The summed E-state index contributed by atoms with van der Waals surface area (Å²) in [6.07, 6.45) is 1.93. The second-order valence-corrected chi connectivity index (χ2v) is 4.13. The average Bonchev–Trinajstić information content (AvgIpc) is 2.54. The van der Waals surface area contributed by atoms with Crippen molar-refractivity contribution in [2.24, 2.45) is 7.05 Å². The van der Waals surface area contributed by atoms with Crippen LogP contribution in [0.3, 0.4) is 0 Å². The van der Waals surface area contributed by atoms with Crippen molar-refractivity contribution >= 4 is 32.8 Å². The van der Waals surface area contributed by atoms with E-state index < -0.39 is 0 Å². The highest BCUT2D eigenvalue weighted by Crippen LogP contribution is 2.29. The number of hydrogen-bond donors (Lipinski definition) is 0. The smallest absolute Gasteiger partial charge is 0.338 e. The van der Waals surface area contributed by atoms with Gasteiger partial charge >= 0.3 is 5.97 Å². The molecular weight excluding hydrogens is 258 g/mol. The molecule has 0 radical (unpaired) electrons. The van der Waals surface area contributed by atoms with Crippen molar-refractivity contribution in [1.29, 1.82) is 0 Å². The normalized spacial score (nSPS) is 10.6. The number of nitrogens with zero attached hydrogens (tertiary/aromatic N) is 1. The third-order valence-electron chi connectivity index (χ3n) is 2.37. The Hall–Kier alpha value is -1.29. The van der Waals surface area contributed by atoms with Crippen LogP contribution in [0.15, 0.2) is 28.9 Å². The Balaban J connectivity index is 2.80. The fourth-order valence-corrected chi connectivity index (χ4v) is 2.39. The summed E-state index contributed by atoms with van der Waals surface area (Å²) in [6, 6.07) is 5.58. The molecule has 2 aromatic rings. The van der Waals surface area contributed by atoms with Gasteiger partial charge in [-0.15, -0.1) is 0 Å². The molecule has 0 N–H and O–H groups in total. The van der Waals surface area contributed by atoms with Crippen LogP contribution in [0, 0.1) is 0 Å². The molecule has 0 atom stereocenters. The number of carbonyl (C=O) groups is 1.